The van der Waals surface area contributed by atoms with Gasteiger partial charge in [0.1, 0.15) is 0 Å². The molecule has 0 spiro atoms. The predicted molar refractivity (Wildman–Crippen MR) is 94.8 cm³/mol. The third-order valence-corrected chi connectivity index (χ3v) is 4.08. The molecule has 0 radical (unpaired) electrons. The number of anilines is 1. The largest absolute Gasteiger partial charge is 0.332 e. The minimum absolute atomic E-state index is 0.254. The van der Waals surface area contributed by atoms with Gasteiger partial charge in [0.15, 0.2) is 11.2 Å². The maximum Gasteiger partial charge on any atom is 0.332 e. The van der Waals surface area contributed by atoms with Gasteiger partial charge in [-0.15, -0.1) is 0 Å². The lowest BCUT2D eigenvalue weighted by molar-refractivity contribution is 0.662. The van der Waals surface area contributed by atoms with E-state index in [1.807, 2.05) is 24.5 Å². The third kappa shape index (κ3) is 2.38. The highest BCUT2D eigenvalue weighted by Crippen LogP contribution is 2.23. The van der Waals surface area contributed by atoms with E-state index in [1.54, 1.807) is 18.1 Å². The second-order valence-corrected chi connectivity index (χ2v) is 5.95. The minimum atomic E-state index is -0.360. The van der Waals surface area contributed by atoms with Crippen molar-refractivity contribution in [1.29, 1.82) is 0 Å². The quantitative estimate of drug-likeness (QED) is 0.786. The van der Waals surface area contributed by atoms with Crippen LogP contribution in [0.5, 0.6) is 0 Å². The van der Waals surface area contributed by atoms with Gasteiger partial charge in [0.2, 0.25) is 5.95 Å². The van der Waals surface area contributed by atoms with E-state index in [0.717, 1.165) is 12.1 Å². The van der Waals surface area contributed by atoms with Gasteiger partial charge >= 0.3 is 5.69 Å². The summed E-state index contributed by atoms with van der Waals surface area (Å²) in [5, 5.41) is 6.33. The average Bonchev–Trinajstić information content (AvgIpc) is 2.93. The molecule has 3 heterocycles. The van der Waals surface area contributed by atoms with Crippen molar-refractivity contribution < 1.29 is 0 Å². The zero-order chi connectivity index (χ0) is 17.4. The Morgan fingerprint density at radius 2 is 2.04 bits per heavy atom. The lowest BCUT2D eigenvalue weighted by Gasteiger charge is -2.24. The standard InChI is InChI=1S/C16H22N6O2/c1-5-7-9-20-14(23)12-13(19(4)16(20)24)17-15-21(12)10-11(3)18-22(15)8-6-2/h5,7H,6,8-10H2,1-4H3. The van der Waals surface area contributed by atoms with E-state index in [0.29, 0.717) is 30.2 Å². The van der Waals surface area contributed by atoms with Gasteiger partial charge in [-0.3, -0.25) is 18.5 Å². The lowest BCUT2D eigenvalue weighted by Crippen LogP contribution is -2.39. The molecular formula is C16H22N6O2. The van der Waals surface area contributed by atoms with Crippen LogP contribution in [0, 0.1) is 0 Å². The topological polar surface area (TPSA) is 77.4 Å². The van der Waals surface area contributed by atoms with E-state index in [1.165, 1.54) is 9.13 Å². The van der Waals surface area contributed by atoms with Crippen molar-refractivity contribution in [2.45, 2.75) is 40.3 Å². The Balaban J connectivity index is 2.33. The number of aromatic nitrogens is 4. The van der Waals surface area contributed by atoms with E-state index >= 15 is 0 Å². The number of hydrogen-bond donors (Lipinski definition) is 0. The molecule has 2 aromatic heterocycles. The van der Waals surface area contributed by atoms with Crippen molar-refractivity contribution in [2.75, 3.05) is 11.6 Å². The van der Waals surface area contributed by atoms with Crippen molar-refractivity contribution in [3.05, 3.63) is 33.0 Å². The first-order valence-electron chi connectivity index (χ1n) is 8.12. The Hall–Kier alpha value is -2.64. The van der Waals surface area contributed by atoms with Crippen LogP contribution in [0.3, 0.4) is 0 Å². The fourth-order valence-electron chi connectivity index (χ4n) is 2.95. The first kappa shape index (κ1) is 16.2. The molecule has 0 atom stereocenters. The number of fused-ring (bicyclic) bond motifs is 3. The normalized spacial score (nSPS) is 14.5. The summed E-state index contributed by atoms with van der Waals surface area (Å²) >= 11 is 0. The van der Waals surface area contributed by atoms with Crippen LogP contribution >= 0.6 is 0 Å². The minimum Gasteiger partial charge on any atom is -0.297 e. The van der Waals surface area contributed by atoms with Crippen LogP contribution in [-0.2, 0) is 20.1 Å². The van der Waals surface area contributed by atoms with Crippen LogP contribution in [0.1, 0.15) is 27.2 Å². The molecule has 0 N–H and O–H groups in total. The molecule has 0 unspecified atom stereocenters. The van der Waals surface area contributed by atoms with Gasteiger partial charge in [-0.05, 0) is 20.3 Å². The summed E-state index contributed by atoms with van der Waals surface area (Å²) in [7, 11) is 1.65. The maximum absolute atomic E-state index is 12.9. The average molecular weight is 330 g/mol. The highest BCUT2D eigenvalue weighted by Gasteiger charge is 2.25. The van der Waals surface area contributed by atoms with Crippen LogP contribution < -0.4 is 16.3 Å². The van der Waals surface area contributed by atoms with Crippen molar-refractivity contribution in [1.82, 2.24) is 18.7 Å². The zero-order valence-electron chi connectivity index (χ0n) is 14.5. The summed E-state index contributed by atoms with van der Waals surface area (Å²) in [4.78, 5) is 29.9. The van der Waals surface area contributed by atoms with Gasteiger partial charge in [-0.2, -0.15) is 10.1 Å². The molecule has 128 valence electrons. The fraction of sp³-hybridized carbons (Fsp3) is 0.500. The second-order valence-electron chi connectivity index (χ2n) is 5.95. The Morgan fingerprint density at radius 1 is 1.29 bits per heavy atom. The lowest BCUT2D eigenvalue weighted by atomic mass is 10.3. The summed E-state index contributed by atoms with van der Waals surface area (Å²) in [6.07, 6.45) is 4.52. The summed E-state index contributed by atoms with van der Waals surface area (Å²) in [6, 6.07) is 0. The van der Waals surface area contributed by atoms with Gasteiger partial charge < -0.3 is 0 Å². The van der Waals surface area contributed by atoms with Crippen LogP contribution in [0.15, 0.2) is 26.8 Å². The number of hydrazone groups is 1. The first-order valence-corrected chi connectivity index (χ1v) is 8.12. The molecule has 0 fully saturated rings. The number of hydrogen-bond acceptors (Lipinski definition) is 5. The molecule has 2 aromatic rings. The molecule has 1 aliphatic rings. The number of rotatable bonds is 4. The second kappa shape index (κ2) is 6.10. The molecule has 3 rings (SSSR count). The number of nitrogens with zero attached hydrogens (tertiary/aromatic N) is 6. The Kier molecular flexibility index (Phi) is 4.13. The molecule has 24 heavy (non-hydrogen) atoms. The van der Waals surface area contributed by atoms with Crippen molar-refractivity contribution >= 4 is 22.8 Å². The fourth-order valence-corrected chi connectivity index (χ4v) is 2.95. The highest BCUT2D eigenvalue weighted by atomic mass is 16.2. The molecule has 8 heteroatoms. The monoisotopic (exact) mass is 330 g/mol. The Morgan fingerprint density at radius 3 is 2.71 bits per heavy atom. The maximum atomic E-state index is 12.9. The summed E-state index contributed by atoms with van der Waals surface area (Å²) in [5.41, 5.74) is 1.09. The van der Waals surface area contributed by atoms with E-state index in [-0.39, 0.29) is 17.8 Å². The molecule has 8 nitrogen and oxygen atoms in total. The van der Waals surface area contributed by atoms with Crippen molar-refractivity contribution in [3.8, 4) is 0 Å². The smallest absolute Gasteiger partial charge is 0.297 e. The predicted octanol–water partition coefficient (Wildman–Crippen LogP) is 1.08. The van der Waals surface area contributed by atoms with Gasteiger partial charge in [0.25, 0.3) is 5.56 Å². The molecule has 0 bridgehead atoms. The molecule has 1 aliphatic heterocycles. The summed E-state index contributed by atoms with van der Waals surface area (Å²) in [5.74, 6) is 0.619. The van der Waals surface area contributed by atoms with Crippen LogP contribution in [0.25, 0.3) is 11.2 Å². The van der Waals surface area contributed by atoms with E-state index in [2.05, 4.69) is 17.0 Å². The van der Waals surface area contributed by atoms with E-state index in [4.69, 9.17) is 0 Å². The SMILES string of the molecule is CC=CCn1c(=O)c2c(nc3n2CC(C)=NN3CCC)n(C)c1=O. The van der Waals surface area contributed by atoms with E-state index in [9.17, 15) is 9.59 Å². The van der Waals surface area contributed by atoms with Crippen molar-refractivity contribution in [2.24, 2.45) is 12.1 Å². The van der Waals surface area contributed by atoms with Crippen LogP contribution in [0.4, 0.5) is 5.95 Å². The molecule has 0 aromatic carbocycles. The van der Waals surface area contributed by atoms with Gasteiger partial charge in [0.05, 0.1) is 12.3 Å². The summed E-state index contributed by atoms with van der Waals surface area (Å²) < 4.78 is 4.54. The first-order chi connectivity index (χ1) is 11.5. The number of allylic oxidation sites excluding steroid dienone is 2. The van der Waals surface area contributed by atoms with Crippen molar-refractivity contribution in [3.63, 3.8) is 0 Å². The molecule has 0 amide bonds. The number of imidazole rings is 1. The van der Waals surface area contributed by atoms with Crippen LogP contribution in [0.2, 0.25) is 0 Å². The molecule has 0 saturated heterocycles. The van der Waals surface area contributed by atoms with Crippen LogP contribution in [-0.4, -0.2) is 30.9 Å². The molecular weight excluding hydrogens is 308 g/mol. The zero-order valence-corrected chi connectivity index (χ0v) is 14.5. The van der Waals surface area contributed by atoms with Gasteiger partial charge in [0, 0.05) is 20.1 Å². The molecule has 0 aliphatic carbocycles. The number of aryl methyl sites for hydroxylation is 1. The summed E-state index contributed by atoms with van der Waals surface area (Å²) in [6.45, 7) is 7.32. The Labute approximate surface area is 139 Å². The van der Waals surface area contributed by atoms with Gasteiger partial charge in [-0.1, -0.05) is 19.1 Å². The third-order valence-electron chi connectivity index (χ3n) is 4.08. The Bertz CT molecular complexity index is 960. The van der Waals surface area contributed by atoms with E-state index < -0.39 is 0 Å². The molecule has 0 saturated carbocycles. The van der Waals surface area contributed by atoms with Gasteiger partial charge in [-0.25, -0.2) is 9.80 Å². The highest BCUT2D eigenvalue weighted by molar-refractivity contribution is 5.87.